The second-order valence-electron chi connectivity index (χ2n) is 9.51. The standard InChI is InChI=1S/C25H34N2O3/c1-18-13-20(23-9-6-11-26(2)24(23)14-18)15-21-16-22(28)10-12-27(21)25(29)30-17-19-7-4-3-5-8-19/h3-5,7-8,10,12,18,20-21,23-24H,6,9,11,13-17H2,1-2H3/t18-,20+,21-,23-,24-/m1/s1. The molecule has 0 aromatic heterocycles. The number of ketones is 1. The van der Waals surface area contributed by atoms with Gasteiger partial charge in [-0.1, -0.05) is 37.3 Å². The van der Waals surface area contributed by atoms with E-state index in [9.17, 15) is 9.59 Å². The lowest BCUT2D eigenvalue weighted by Crippen LogP contribution is -2.51. The largest absolute Gasteiger partial charge is 0.444 e. The Morgan fingerprint density at radius 3 is 2.80 bits per heavy atom. The molecule has 1 amide bonds. The fraction of sp³-hybridized carbons (Fsp3) is 0.600. The molecule has 5 nitrogen and oxygen atoms in total. The maximum atomic E-state index is 12.9. The van der Waals surface area contributed by atoms with E-state index >= 15 is 0 Å². The van der Waals surface area contributed by atoms with Crippen LogP contribution in [0.15, 0.2) is 42.6 Å². The smallest absolute Gasteiger partial charge is 0.414 e. The van der Waals surface area contributed by atoms with Crippen molar-refractivity contribution in [1.82, 2.24) is 9.80 Å². The van der Waals surface area contributed by atoms with Gasteiger partial charge in [-0.3, -0.25) is 9.69 Å². The second-order valence-corrected chi connectivity index (χ2v) is 9.51. The van der Waals surface area contributed by atoms with Gasteiger partial charge in [0, 0.05) is 24.7 Å². The van der Waals surface area contributed by atoms with Crippen LogP contribution in [0.4, 0.5) is 4.79 Å². The summed E-state index contributed by atoms with van der Waals surface area (Å²) >= 11 is 0. The molecule has 5 heteroatoms. The highest BCUT2D eigenvalue weighted by atomic mass is 16.6. The van der Waals surface area contributed by atoms with Crippen molar-refractivity contribution in [2.24, 2.45) is 17.8 Å². The molecule has 1 saturated carbocycles. The quantitative estimate of drug-likeness (QED) is 0.726. The van der Waals surface area contributed by atoms with Gasteiger partial charge in [0.2, 0.25) is 0 Å². The van der Waals surface area contributed by atoms with Crippen LogP contribution in [0.3, 0.4) is 0 Å². The topological polar surface area (TPSA) is 49.9 Å². The van der Waals surface area contributed by atoms with Crippen molar-refractivity contribution >= 4 is 11.9 Å². The van der Waals surface area contributed by atoms with E-state index in [-0.39, 0.29) is 24.5 Å². The third-order valence-electron chi connectivity index (χ3n) is 7.31. The van der Waals surface area contributed by atoms with Crippen LogP contribution < -0.4 is 0 Å². The summed E-state index contributed by atoms with van der Waals surface area (Å²) in [5.41, 5.74) is 0.966. The molecule has 0 N–H and O–H groups in total. The molecular weight excluding hydrogens is 376 g/mol. The number of carbonyl (C=O) groups excluding carboxylic acids is 2. The summed E-state index contributed by atoms with van der Waals surface area (Å²) < 4.78 is 5.58. The van der Waals surface area contributed by atoms with Gasteiger partial charge in [-0.25, -0.2) is 4.79 Å². The molecule has 0 bridgehead atoms. The Bertz CT molecular complexity index is 778. The molecule has 4 rings (SSSR count). The highest BCUT2D eigenvalue weighted by Crippen LogP contribution is 2.44. The molecule has 30 heavy (non-hydrogen) atoms. The van der Waals surface area contributed by atoms with Crippen molar-refractivity contribution < 1.29 is 14.3 Å². The van der Waals surface area contributed by atoms with Gasteiger partial charge in [-0.05, 0) is 75.1 Å². The lowest BCUT2D eigenvalue weighted by Gasteiger charge is -2.49. The van der Waals surface area contributed by atoms with E-state index in [4.69, 9.17) is 4.74 Å². The molecule has 3 aliphatic rings. The fourth-order valence-corrected chi connectivity index (χ4v) is 5.87. The SMILES string of the molecule is C[C@@H]1C[C@@H](C[C@@H]2CC(=O)C=CN2C(=O)OCc2ccccc2)[C@H]2CCCN(C)[C@@H]2C1. The van der Waals surface area contributed by atoms with Crippen LogP contribution in [0, 0.1) is 17.8 Å². The van der Waals surface area contributed by atoms with E-state index in [0.717, 1.165) is 12.0 Å². The number of piperidine rings is 1. The second kappa shape index (κ2) is 9.34. The van der Waals surface area contributed by atoms with Gasteiger partial charge >= 0.3 is 6.09 Å². The van der Waals surface area contributed by atoms with Gasteiger partial charge in [0.05, 0.1) is 0 Å². The highest BCUT2D eigenvalue weighted by molar-refractivity contribution is 5.92. The Morgan fingerprint density at radius 2 is 2.00 bits per heavy atom. The average molecular weight is 411 g/mol. The number of amides is 1. The van der Waals surface area contributed by atoms with Gasteiger partial charge in [-0.15, -0.1) is 0 Å². The number of benzene rings is 1. The average Bonchev–Trinajstić information content (AvgIpc) is 2.74. The number of allylic oxidation sites excluding steroid dienone is 1. The predicted octanol–water partition coefficient (Wildman–Crippen LogP) is 4.63. The van der Waals surface area contributed by atoms with Crippen molar-refractivity contribution in [1.29, 1.82) is 0 Å². The Kier molecular flexibility index (Phi) is 6.57. The number of likely N-dealkylation sites (tertiary alicyclic amines) is 1. The molecule has 2 fully saturated rings. The molecule has 1 aliphatic carbocycles. The van der Waals surface area contributed by atoms with E-state index in [1.165, 1.54) is 38.3 Å². The summed E-state index contributed by atoms with van der Waals surface area (Å²) in [5.74, 6) is 2.01. The number of hydrogen-bond acceptors (Lipinski definition) is 4. The zero-order valence-corrected chi connectivity index (χ0v) is 18.2. The number of nitrogens with zero attached hydrogens (tertiary/aromatic N) is 2. The summed E-state index contributed by atoms with van der Waals surface area (Å²) in [6.45, 7) is 3.79. The Labute approximate surface area is 180 Å². The van der Waals surface area contributed by atoms with E-state index in [0.29, 0.717) is 30.2 Å². The fourth-order valence-electron chi connectivity index (χ4n) is 5.87. The summed E-state index contributed by atoms with van der Waals surface area (Å²) in [7, 11) is 2.26. The molecule has 0 radical (unpaired) electrons. The van der Waals surface area contributed by atoms with Gasteiger partial charge < -0.3 is 9.64 Å². The maximum Gasteiger partial charge on any atom is 0.414 e. The van der Waals surface area contributed by atoms with Crippen LogP contribution >= 0.6 is 0 Å². The van der Waals surface area contributed by atoms with Crippen molar-refractivity contribution in [2.75, 3.05) is 13.6 Å². The lowest BCUT2D eigenvalue weighted by atomic mass is 9.66. The van der Waals surface area contributed by atoms with Crippen LogP contribution in [0.5, 0.6) is 0 Å². The van der Waals surface area contributed by atoms with Gasteiger partial charge in [0.1, 0.15) is 6.61 Å². The minimum atomic E-state index is -0.353. The van der Waals surface area contributed by atoms with Crippen molar-refractivity contribution in [3.05, 3.63) is 48.2 Å². The number of ether oxygens (including phenoxy) is 1. The molecule has 2 aliphatic heterocycles. The molecule has 0 unspecified atom stereocenters. The van der Waals surface area contributed by atoms with E-state index in [1.54, 1.807) is 11.1 Å². The summed E-state index contributed by atoms with van der Waals surface area (Å²) in [5, 5.41) is 0. The van der Waals surface area contributed by atoms with Crippen molar-refractivity contribution in [3.63, 3.8) is 0 Å². The highest BCUT2D eigenvalue weighted by Gasteiger charge is 2.42. The third kappa shape index (κ3) is 4.77. The number of rotatable bonds is 4. The minimum absolute atomic E-state index is 0.103. The molecule has 2 heterocycles. The zero-order valence-electron chi connectivity index (χ0n) is 18.2. The van der Waals surface area contributed by atoms with Crippen LogP contribution in [-0.4, -0.2) is 47.4 Å². The van der Waals surface area contributed by atoms with Crippen LogP contribution in [0.25, 0.3) is 0 Å². The first-order valence-electron chi connectivity index (χ1n) is 11.4. The Morgan fingerprint density at radius 1 is 1.20 bits per heavy atom. The molecule has 1 aromatic rings. The summed E-state index contributed by atoms with van der Waals surface area (Å²) in [6.07, 6.45) is 9.05. The first-order valence-corrected chi connectivity index (χ1v) is 11.4. The molecule has 5 atom stereocenters. The zero-order chi connectivity index (χ0) is 21.1. The van der Waals surface area contributed by atoms with Crippen molar-refractivity contribution in [2.45, 2.75) is 64.1 Å². The van der Waals surface area contributed by atoms with Crippen LogP contribution in [0.1, 0.15) is 51.0 Å². The van der Waals surface area contributed by atoms with E-state index in [2.05, 4.69) is 18.9 Å². The minimum Gasteiger partial charge on any atom is -0.444 e. The van der Waals surface area contributed by atoms with Crippen LogP contribution in [-0.2, 0) is 16.1 Å². The molecule has 1 aromatic carbocycles. The van der Waals surface area contributed by atoms with Gasteiger partial charge in [0.25, 0.3) is 0 Å². The number of carbonyl (C=O) groups is 2. The predicted molar refractivity (Wildman–Crippen MR) is 117 cm³/mol. The Hall–Kier alpha value is -2.14. The van der Waals surface area contributed by atoms with Crippen LogP contribution in [0.2, 0.25) is 0 Å². The number of fused-ring (bicyclic) bond motifs is 1. The molecular formula is C25H34N2O3. The number of hydrogen-bond donors (Lipinski definition) is 0. The summed E-state index contributed by atoms with van der Waals surface area (Å²) in [4.78, 5) is 29.3. The van der Waals surface area contributed by atoms with Gasteiger partial charge in [-0.2, -0.15) is 0 Å². The van der Waals surface area contributed by atoms with Gasteiger partial charge in [0.15, 0.2) is 5.78 Å². The first-order chi connectivity index (χ1) is 14.5. The molecule has 1 saturated heterocycles. The first kappa shape index (κ1) is 21.1. The maximum absolute atomic E-state index is 12.9. The molecule has 162 valence electrons. The monoisotopic (exact) mass is 410 g/mol. The lowest BCUT2D eigenvalue weighted by molar-refractivity contribution is -0.116. The summed E-state index contributed by atoms with van der Waals surface area (Å²) in [6, 6.07) is 10.3. The third-order valence-corrected chi connectivity index (χ3v) is 7.31. The molecule has 0 spiro atoms. The van der Waals surface area contributed by atoms with E-state index < -0.39 is 0 Å². The van der Waals surface area contributed by atoms with E-state index in [1.807, 2.05) is 30.3 Å². The normalized spacial score (nSPS) is 32.0. The Balaban J connectivity index is 1.44. The van der Waals surface area contributed by atoms with Crippen molar-refractivity contribution in [3.8, 4) is 0 Å².